The van der Waals surface area contributed by atoms with Crippen LogP contribution >= 0.6 is 0 Å². The van der Waals surface area contributed by atoms with Gasteiger partial charge in [-0.25, -0.2) is 0 Å². The van der Waals surface area contributed by atoms with E-state index in [1.807, 2.05) is 12.1 Å². The molecule has 1 N–H and O–H groups in total. The van der Waals surface area contributed by atoms with Gasteiger partial charge in [-0.1, -0.05) is 6.07 Å². The van der Waals surface area contributed by atoms with Gasteiger partial charge in [-0.2, -0.15) is 0 Å². The van der Waals surface area contributed by atoms with Gasteiger partial charge < -0.3 is 9.84 Å². The van der Waals surface area contributed by atoms with Gasteiger partial charge in [0.15, 0.2) is 0 Å². The minimum atomic E-state index is 0.340. The van der Waals surface area contributed by atoms with Crippen molar-refractivity contribution in [2.45, 2.75) is 37.9 Å². The van der Waals surface area contributed by atoms with Gasteiger partial charge in [-0.05, 0) is 32.4 Å². The van der Waals surface area contributed by atoms with Gasteiger partial charge in [0.2, 0.25) is 0 Å². The Bertz CT molecular complexity index is 478. The summed E-state index contributed by atoms with van der Waals surface area (Å²) in [5, 5.41) is 10.1. The maximum absolute atomic E-state index is 10.1. The zero-order chi connectivity index (χ0) is 14.1. The van der Waals surface area contributed by atoms with Gasteiger partial charge in [-0.3, -0.25) is 9.80 Å². The summed E-state index contributed by atoms with van der Waals surface area (Å²) in [6.07, 6.45) is 3.90. The first-order valence-corrected chi connectivity index (χ1v) is 7.47. The fourth-order valence-corrected chi connectivity index (χ4v) is 3.57. The Kier molecular flexibility index (Phi) is 3.85. The van der Waals surface area contributed by atoms with E-state index >= 15 is 0 Å². The molecule has 0 radical (unpaired) electrons. The molecule has 2 fully saturated rings. The SMILES string of the molecule is COc1ccc(CN2CCC3CCC(C2)N3C)c(O)c1. The Labute approximate surface area is 120 Å². The van der Waals surface area contributed by atoms with E-state index in [9.17, 15) is 5.11 Å². The normalized spacial score (nSPS) is 27.5. The summed E-state index contributed by atoms with van der Waals surface area (Å²) < 4.78 is 5.13. The van der Waals surface area contributed by atoms with Crippen molar-refractivity contribution in [2.75, 3.05) is 27.2 Å². The standard InChI is InChI=1S/C16H24N2O2/c1-17-13-4-5-14(17)11-18(8-7-13)10-12-3-6-15(20-2)9-16(12)19/h3,6,9,13-14,19H,4-5,7-8,10-11H2,1-2H3. The van der Waals surface area contributed by atoms with Crippen molar-refractivity contribution in [2.24, 2.45) is 0 Å². The lowest BCUT2D eigenvalue weighted by Gasteiger charge is -2.26. The fraction of sp³-hybridized carbons (Fsp3) is 0.625. The minimum absolute atomic E-state index is 0.340. The average Bonchev–Trinajstić information content (AvgIpc) is 2.69. The number of likely N-dealkylation sites (tertiary alicyclic amines) is 1. The predicted molar refractivity (Wildman–Crippen MR) is 79.1 cm³/mol. The van der Waals surface area contributed by atoms with Crippen molar-refractivity contribution >= 4 is 0 Å². The van der Waals surface area contributed by atoms with E-state index in [1.165, 1.54) is 19.3 Å². The lowest BCUT2D eigenvalue weighted by molar-refractivity contribution is 0.213. The summed E-state index contributed by atoms with van der Waals surface area (Å²) >= 11 is 0. The molecule has 4 heteroatoms. The fourth-order valence-electron chi connectivity index (χ4n) is 3.57. The number of rotatable bonds is 3. The minimum Gasteiger partial charge on any atom is -0.507 e. The summed E-state index contributed by atoms with van der Waals surface area (Å²) in [7, 11) is 3.88. The zero-order valence-electron chi connectivity index (χ0n) is 12.4. The molecule has 1 aromatic rings. The molecular formula is C16H24N2O2. The van der Waals surface area contributed by atoms with Crippen LogP contribution < -0.4 is 4.74 Å². The highest BCUT2D eigenvalue weighted by atomic mass is 16.5. The van der Waals surface area contributed by atoms with Crippen LogP contribution in [-0.2, 0) is 6.54 Å². The number of ether oxygens (including phenoxy) is 1. The van der Waals surface area contributed by atoms with Gasteiger partial charge in [0.25, 0.3) is 0 Å². The van der Waals surface area contributed by atoms with E-state index in [4.69, 9.17) is 4.74 Å². The second-order valence-corrected chi connectivity index (χ2v) is 6.07. The van der Waals surface area contributed by atoms with E-state index in [2.05, 4.69) is 16.8 Å². The van der Waals surface area contributed by atoms with E-state index in [1.54, 1.807) is 13.2 Å². The van der Waals surface area contributed by atoms with Crippen molar-refractivity contribution in [3.05, 3.63) is 23.8 Å². The van der Waals surface area contributed by atoms with Crippen LogP contribution in [0.3, 0.4) is 0 Å². The van der Waals surface area contributed by atoms with Gasteiger partial charge in [0.05, 0.1) is 7.11 Å². The highest BCUT2D eigenvalue weighted by molar-refractivity contribution is 5.39. The molecule has 0 amide bonds. The maximum atomic E-state index is 10.1. The molecule has 4 nitrogen and oxygen atoms in total. The van der Waals surface area contributed by atoms with Crippen molar-refractivity contribution < 1.29 is 9.84 Å². The first-order valence-electron chi connectivity index (χ1n) is 7.47. The lowest BCUT2D eigenvalue weighted by Crippen LogP contribution is -2.36. The molecule has 0 spiro atoms. The molecule has 0 saturated carbocycles. The molecule has 2 atom stereocenters. The molecule has 2 aliphatic heterocycles. The Balaban J connectivity index is 1.69. The third-order valence-electron chi connectivity index (χ3n) is 4.92. The van der Waals surface area contributed by atoms with E-state index in [0.717, 1.165) is 31.2 Å². The molecule has 2 bridgehead atoms. The van der Waals surface area contributed by atoms with E-state index in [-0.39, 0.29) is 0 Å². The Morgan fingerprint density at radius 2 is 2.05 bits per heavy atom. The first-order chi connectivity index (χ1) is 9.67. The summed E-state index contributed by atoms with van der Waals surface area (Å²) in [4.78, 5) is 5.02. The number of hydrogen-bond acceptors (Lipinski definition) is 4. The Hall–Kier alpha value is -1.26. The van der Waals surface area contributed by atoms with Crippen LogP contribution in [0.15, 0.2) is 18.2 Å². The maximum Gasteiger partial charge on any atom is 0.123 e. The summed E-state index contributed by atoms with van der Waals surface area (Å²) in [6.45, 7) is 3.06. The van der Waals surface area contributed by atoms with Crippen LogP contribution in [0.25, 0.3) is 0 Å². The van der Waals surface area contributed by atoms with Gasteiger partial charge in [0, 0.05) is 43.3 Å². The number of phenolic OH excluding ortho intramolecular Hbond substituents is 1. The van der Waals surface area contributed by atoms with Gasteiger partial charge in [-0.15, -0.1) is 0 Å². The Morgan fingerprint density at radius 3 is 2.80 bits per heavy atom. The second kappa shape index (κ2) is 5.62. The largest absolute Gasteiger partial charge is 0.507 e. The highest BCUT2D eigenvalue weighted by Crippen LogP contribution is 2.30. The molecule has 2 aliphatic rings. The molecule has 1 aromatic carbocycles. The van der Waals surface area contributed by atoms with Crippen LogP contribution in [0.4, 0.5) is 0 Å². The molecular weight excluding hydrogens is 252 g/mol. The smallest absolute Gasteiger partial charge is 0.123 e. The first kappa shape index (κ1) is 13.7. The van der Waals surface area contributed by atoms with Crippen molar-refractivity contribution in [1.29, 1.82) is 0 Å². The zero-order valence-corrected chi connectivity index (χ0v) is 12.4. The van der Waals surface area contributed by atoms with Crippen LogP contribution in [0, 0.1) is 0 Å². The quantitative estimate of drug-likeness (QED) is 0.917. The van der Waals surface area contributed by atoms with Crippen LogP contribution in [0.5, 0.6) is 11.5 Å². The molecule has 3 rings (SSSR count). The average molecular weight is 276 g/mol. The van der Waals surface area contributed by atoms with Gasteiger partial charge >= 0.3 is 0 Å². The molecule has 0 aromatic heterocycles. The number of hydrogen-bond donors (Lipinski definition) is 1. The van der Waals surface area contributed by atoms with E-state index in [0.29, 0.717) is 17.5 Å². The third kappa shape index (κ3) is 2.63. The van der Waals surface area contributed by atoms with Crippen LogP contribution in [0.2, 0.25) is 0 Å². The van der Waals surface area contributed by atoms with Crippen LogP contribution in [-0.4, -0.2) is 54.2 Å². The van der Waals surface area contributed by atoms with Crippen molar-refractivity contribution in [3.8, 4) is 11.5 Å². The molecule has 0 aliphatic carbocycles. The molecule has 2 heterocycles. The number of likely N-dealkylation sites (N-methyl/N-ethyl adjacent to an activating group) is 1. The topological polar surface area (TPSA) is 35.9 Å². The molecule has 2 saturated heterocycles. The van der Waals surface area contributed by atoms with Crippen molar-refractivity contribution in [1.82, 2.24) is 9.80 Å². The number of aromatic hydroxyl groups is 1. The number of nitrogens with zero attached hydrogens (tertiary/aromatic N) is 2. The molecule has 20 heavy (non-hydrogen) atoms. The predicted octanol–water partition coefficient (Wildman–Crippen LogP) is 2.07. The number of fused-ring (bicyclic) bond motifs is 2. The third-order valence-corrected chi connectivity index (χ3v) is 4.92. The number of benzene rings is 1. The summed E-state index contributed by atoms with van der Waals surface area (Å²) in [6, 6.07) is 7.04. The highest BCUT2D eigenvalue weighted by Gasteiger charge is 2.34. The van der Waals surface area contributed by atoms with Gasteiger partial charge in [0.1, 0.15) is 11.5 Å². The van der Waals surface area contributed by atoms with Crippen molar-refractivity contribution in [3.63, 3.8) is 0 Å². The molecule has 110 valence electrons. The molecule has 2 unspecified atom stereocenters. The number of methoxy groups -OCH3 is 1. The van der Waals surface area contributed by atoms with E-state index < -0.39 is 0 Å². The summed E-state index contributed by atoms with van der Waals surface area (Å²) in [5.74, 6) is 1.05. The lowest BCUT2D eigenvalue weighted by atomic mass is 10.1. The monoisotopic (exact) mass is 276 g/mol. The number of phenols is 1. The Morgan fingerprint density at radius 1 is 1.25 bits per heavy atom. The van der Waals surface area contributed by atoms with Crippen LogP contribution in [0.1, 0.15) is 24.8 Å². The summed E-state index contributed by atoms with van der Waals surface area (Å²) in [5.41, 5.74) is 0.992. The second-order valence-electron chi connectivity index (χ2n) is 6.07.